The maximum atomic E-state index is 14.8. The summed E-state index contributed by atoms with van der Waals surface area (Å²) in [5.74, 6) is -2.77. The van der Waals surface area contributed by atoms with Gasteiger partial charge in [0.1, 0.15) is 23.0 Å². The molecular formula is C24H15F3N6O2. The van der Waals surface area contributed by atoms with Crippen LogP contribution >= 0.6 is 0 Å². The van der Waals surface area contributed by atoms with E-state index in [1.165, 1.54) is 30.6 Å². The van der Waals surface area contributed by atoms with Gasteiger partial charge in [-0.05, 0) is 36.4 Å². The number of ether oxygens (including phenoxy) is 1. The molecule has 2 aromatic carbocycles. The van der Waals surface area contributed by atoms with E-state index < -0.39 is 23.4 Å². The van der Waals surface area contributed by atoms with Gasteiger partial charge < -0.3 is 20.4 Å². The number of amides is 1. The number of benzene rings is 2. The number of H-pyrrole nitrogens is 1. The van der Waals surface area contributed by atoms with Crippen molar-refractivity contribution in [2.75, 3.05) is 10.6 Å². The summed E-state index contributed by atoms with van der Waals surface area (Å²) in [6.45, 7) is 0. The van der Waals surface area contributed by atoms with Crippen LogP contribution in [0.3, 0.4) is 0 Å². The van der Waals surface area contributed by atoms with Crippen molar-refractivity contribution in [3.8, 4) is 11.5 Å². The van der Waals surface area contributed by atoms with Crippen LogP contribution in [0.1, 0.15) is 10.5 Å². The lowest BCUT2D eigenvalue weighted by Gasteiger charge is -2.12. The topological polar surface area (TPSA) is 105 Å². The first kappa shape index (κ1) is 21.9. The molecule has 0 aliphatic heterocycles. The van der Waals surface area contributed by atoms with Crippen LogP contribution in [0, 0.1) is 17.5 Å². The van der Waals surface area contributed by atoms with E-state index in [0.717, 1.165) is 12.1 Å². The molecule has 11 heteroatoms. The third kappa shape index (κ3) is 4.60. The molecular weight excluding hydrogens is 461 g/mol. The lowest BCUT2D eigenvalue weighted by Crippen LogP contribution is -2.17. The summed E-state index contributed by atoms with van der Waals surface area (Å²) in [5, 5.41) is 5.83. The summed E-state index contributed by atoms with van der Waals surface area (Å²) in [6, 6.07) is 10.2. The zero-order valence-corrected chi connectivity index (χ0v) is 17.7. The molecule has 174 valence electrons. The molecule has 3 N–H and O–H groups in total. The molecule has 0 saturated heterocycles. The minimum absolute atomic E-state index is 0.00348. The zero-order valence-electron chi connectivity index (χ0n) is 17.7. The van der Waals surface area contributed by atoms with Crippen molar-refractivity contribution in [1.29, 1.82) is 0 Å². The van der Waals surface area contributed by atoms with E-state index in [1.807, 2.05) is 0 Å². The molecule has 5 aromatic rings. The summed E-state index contributed by atoms with van der Waals surface area (Å²) in [7, 11) is 0. The number of carbonyl (C=O) groups is 1. The summed E-state index contributed by atoms with van der Waals surface area (Å²) in [6.07, 6.45) is 5.85. The molecule has 0 spiro atoms. The predicted octanol–water partition coefficient (Wildman–Crippen LogP) is 5.56. The minimum Gasteiger partial charge on any atom is -0.453 e. The number of halogens is 3. The van der Waals surface area contributed by atoms with Crippen molar-refractivity contribution in [2.45, 2.75) is 0 Å². The number of nitrogens with one attached hydrogen (secondary N) is 3. The fourth-order valence-corrected chi connectivity index (χ4v) is 3.31. The first-order chi connectivity index (χ1) is 17.0. The highest BCUT2D eigenvalue weighted by atomic mass is 19.1. The Hall–Kier alpha value is -4.93. The van der Waals surface area contributed by atoms with Gasteiger partial charge in [-0.2, -0.15) is 0 Å². The van der Waals surface area contributed by atoms with Gasteiger partial charge in [-0.25, -0.2) is 28.1 Å². The molecule has 0 unspecified atom stereocenters. The third-order valence-electron chi connectivity index (χ3n) is 4.93. The van der Waals surface area contributed by atoms with E-state index in [-0.39, 0.29) is 28.6 Å². The number of pyridine rings is 1. The van der Waals surface area contributed by atoms with Gasteiger partial charge in [0, 0.05) is 42.6 Å². The number of anilines is 3. The van der Waals surface area contributed by atoms with E-state index in [9.17, 15) is 18.0 Å². The summed E-state index contributed by atoms with van der Waals surface area (Å²) in [5.41, 5.74) is 0.464. The Morgan fingerprint density at radius 2 is 1.71 bits per heavy atom. The molecule has 0 aliphatic rings. The Morgan fingerprint density at radius 1 is 0.857 bits per heavy atom. The van der Waals surface area contributed by atoms with E-state index in [2.05, 4.69) is 30.6 Å². The highest BCUT2D eigenvalue weighted by Gasteiger charge is 2.17. The SMILES string of the molecule is O=C(Nc1ccc(F)cc1F)c1nccnc1Nc1ccc(Oc2ccnc3[nH]ccc23)c(F)c1. The number of nitrogens with zero attached hydrogens (tertiary/aromatic N) is 3. The second-order valence-corrected chi connectivity index (χ2v) is 7.25. The third-order valence-corrected chi connectivity index (χ3v) is 4.93. The van der Waals surface area contributed by atoms with E-state index >= 15 is 0 Å². The molecule has 0 fully saturated rings. The summed E-state index contributed by atoms with van der Waals surface area (Å²) >= 11 is 0. The van der Waals surface area contributed by atoms with Gasteiger partial charge in [-0.15, -0.1) is 0 Å². The highest BCUT2D eigenvalue weighted by molar-refractivity contribution is 6.06. The van der Waals surface area contributed by atoms with Crippen molar-refractivity contribution in [3.05, 3.63) is 96.5 Å². The average Bonchev–Trinajstić information content (AvgIpc) is 3.33. The molecule has 1 amide bonds. The maximum Gasteiger partial charge on any atom is 0.278 e. The quantitative estimate of drug-likeness (QED) is 0.297. The summed E-state index contributed by atoms with van der Waals surface area (Å²) < 4.78 is 47.6. The van der Waals surface area contributed by atoms with Crippen LogP contribution in [0.25, 0.3) is 11.0 Å². The van der Waals surface area contributed by atoms with Gasteiger partial charge in [0.15, 0.2) is 23.1 Å². The van der Waals surface area contributed by atoms with Crippen LogP contribution in [0.4, 0.5) is 30.4 Å². The van der Waals surface area contributed by atoms with Crippen molar-refractivity contribution in [1.82, 2.24) is 19.9 Å². The molecule has 3 heterocycles. The molecule has 0 radical (unpaired) electrons. The number of hydrogen-bond donors (Lipinski definition) is 3. The van der Waals surface area contributed by atoms with Gasteiger partial charge in [0.25, 0.3) is 5.91 Å². The average molecular weight is 476 g/mol. The van der Waals surface area contributed by atoms with E-state index in [1.54, 1.807) is 24.5 Å². The van der Waals surface area contributed by atoms with Gasteiger partial charge in [-0.3, -0.25) is 4.79 Å². The van der Waals surface area contributed by atoms with Crippen molar-refractivity contribution in [2.24, 2.45) is 0 Å². The number of rotatable bonds is 6. The van der Waals surface area contributed by atoms with E-state index in [0.29, 0.717) is 22.8 Å². The largest absolute Gasteiger partial charge is 0.453 e. The Labute approximate surface area is 195 Å². The maximum absolute atomic E-state index is 14.8. The molecule has 0 atom stereocenters. The monoisotopic (exact) mass is 476 g/mol. The Kier molecular flexibility index (Phi) is 5.71. The Balaban J connectivity index is 1.35. The fourth-order valence-electron chi connectivity index (χ4n) is 3.31. The predicted molar refractivity (Wildman–Crippen MR) is 122 cm³/mol. The van der Waals surface area contributed by atoms with Gasteiger partial charge in [0.2, 0.25) is 0 Å². The molecule has 0 bridgehead atoms. The zero-order chi connectivity index (χ0) is 24.4. The second-order valence-electron chi connectivity index (χ2n) is 7.25. The van der Waals surface area contributed by atoms with Crippen LogP contribution in [0.5, 0.6) is 11.5 Å². The van der Waals surface area contributed by atoms with Crippen molar-refractivity contribution >= 4 is 34.1 Å². The number of carbonyl (C=O) groups excluding carboxylic acids is 1. The second kappa shape index (κ2) is 9.14. The molecule has 35 heavy (non-hydrogen) atoms. The van der Waals surface area contributed by atoms with Gasteiger partial charge in [0.05, 0.1) is 11.1 Å². The number of hydrogen-bond acceptors (Lipinski definition) is 6. The number of fused-ring (bicyclic) bond motifs is 1. The van der Waals surface area contributed by atoms with Crippen LogP contribution in [-0.4, -0.2) is 25.8 Å². The first-order valence-electron chi connectivity index (χ1n) is 10.2. The Bertz CT molecular complexity index is 1560. The lowest BCUT2D eigenvalue weighted by atomic mass is 10.2. The van der Waals surface area contributed by atoms with Crippen molar-refractivity contribution < 1.29 is 22.7 Å². The summed E-state index contributed by atoms with van der Waals surface area (Å²) in [4.78, 5) is 27.8. The van der Waals surface area contributed by atoms with Crippen LogP contribution in [0.15, 0.2) is 73.3 Å². The molecule has 3 aromatic heterocycles. The van der Waals surface area contributed by atoms with Gasteiger partial charge in [-0.1, -0.05) is 0 Å². The molecule has 0 saturated carbocycles. The standard InChI is InChI=1S/C24H15F3N6O2/c25-13-1-3-18(16(26)11-13)33-24(34)21-23(31-10-9-28-21)32-14-2-4-20(17(27)12-14)35-19-6-8-30-22-15(19)5-7-29-22/h1-12H,(H,29,30)(H,31,32)(H,33,34). The fraction of sp³-hybridized carbons (Fsp3) is 0. The first-order valence-corrected chi connectivity index (χ1v) is 10.2. The van der Waals surface area contributed by atoms with Crippen LogP contribution in [-0.2, 0) is 0 Å². The number of aromatic nitrogens is 4. The lowest BCUT2D eigenvalue weighted by molar-refractivity contribution is 0.102. The van der Waals surface area contributed by atoms with Crippen LogP contribution in [0.2, 0.25) is 0 Å². The molecule has 5 rings (SSSR count). The highest BCUT2D eigenvalue weighted by Crippen LogP contribution is 2.31. The Morgan fingerprint density at radius 3 is 2.54 bits per heavy atom. The molecule has 8 nitrogen and oxygen atoms in total. The minimum atomic E-state index is -0.944. The van der Waals surface area contributed by atoms with Crippen LogP contribution < -0.4 is 15.4 Å². The van der Waals surface area contributed by atoms with Crippen molar-refractivity contribution in [3.63, 3.8) is 0 Å². The smallest absolute Gasteiger partial charge is 0.278 e. The van der Waals surface area contributed by atoms with Gasteiger partial charge >= 0.3 is 0 Å². The normalized spacial score (nSPS) is 10.8. The molecule has 0 aliphatic carbocycles. The number of aromatic amines is 1. The van der Waals surface area contributed by atoms with E-state index in [4.69, 9.17) is 4.74 Å².